The van der Waals surface area contributed by atoms with Crippen LogP contribution in [0.25, 0.3) is 0 Å². The second kappa shape index (κ2) is 58.2. The number of unbranched alkanes of at least 4 members (excludes halogenated alkanes) is 47. The van der Waals surface area contributed by atoms with E-state index in [-0.39, 0.29) is 18.5 Å². The Kier molecular flexibility index (Phi) is 57.0. The van der Waals surface area contributed by atoms with Crippen LogP contribution in [0.4, 0.5) is 0 Å². The number of ether oxygens (including phenoxy) is 1. The van der Waals surface area contributed by atoms with E-state index in [0.717, 1.165) is 38.5 Å². The van der Waals surface area contributed by atoms with Crippen molar-refractivity contribution in [1.82, 2.24) is 5.32 Å². The summed E-state index contributed by atoms with van der Waals surface area (Å²) < 4.78 is 5.48. The Balaban J connectivity index is 3.30. The average molecular weight is 961 g/mol. The van der Waals surface area contributed by atoms with E-state index in [4.69, 9.17) is 4.74 Å². The van der Waals surface area contributed by atoms with Crippen molar-refractivity contribution >= 4 is 11.9 Å². The summed E-state index contributed by atoms with van der Waals surface area (Å²) in [4.78, 5) is 24.4. The summed E-state index contributed by atoms with van der Waals surface area (Å²) in [6.45, 7) is 4.90. The van der Waals surface area contributed by atoms with Crippen molar-refractivity contribution in [2.75, 3.05) is 13.2 Å². The van der Waals surface area contributed by atoms with E-state index in [1.165, 1.54) is 283 Å². The zero-order valence-electron chi connectivity index (χ0n) is 46.1. The van der Waals surface area contributed by atoms with E-state index >= 15 is 0 Å². The smallest absolute Gasteiger partial charge is 0.305 e. The summed E-state index contributed by atoms with van der Waals surface area (Å²) in [6.07, 6.45) is 69.9. The number of hydrogen-bond acceptors (Lipinski definition) is 5. The minimum atomic E-state index is -0.838. The lowest BCUT2D eigenvalue weighted by Gasteiger charge is -2.20. The van der Waals surface area contributed by atoms with Crippen molar-refractivity contribution in [3.63, 3.8) is 0 Å². The van der Waals surface area contributed by atoms with Crippen LogP contribution >= 0.6 is 0 Å². The molecule has 404 valence electrons. The number of amides is 1. The molecule has 3 N–H and O–H groups in total. The Morgan fingerprint density at radius 1 is 0.397 bits per heavy atom. The number of allylic oxidation sites excluding steroid dienone is 1. The van der Waals surface area contributed by atoms with Crippen LogP contribution in [0.2, 0.25) is 0 Å². The first-order valence-electron chi connectivity index (χ1n) is 31.0. The van der Waals surface area contributed by atoms with E-state index in [0.29, 0.717) is 19.4 Å². The second-order valence-electron chi connectivity index (χ2n) is 21.4. The molecule has 0 saturated carbocycles. The molecule has 2 unspecified atom stereocenters. The molecule has 1 amide bonds. The van der Waals surface area contributed by atoms with Crippen molar-refractivity contribution < 1.29 is 24.5 Å². The van der Waals surface area contributed by atoms with Crippen molar-refractivity contribution in [3.05, 3.63) is 12.2 Å². The SMILES string of the molecule is CCCCCCCCC/C=C/C(O)C(CO)NC(=O)CCCCCCCCCCCCCCCCCCCCCCCCCCCCCCCOC(=O)CCCCCCCCCCCCCCC. The fourth-order valence-electron chi connectivity index (χ4n) is 9.81. The van der Waals surface area contributed by atoms with Crippen molar-refractivity contribution in [2.24, 2.45) is 0 Å². The number of hydrogen-bond donors (Lipinski definition) is 3. The Labute approximate surface area is 425 Å². The molecule has 0 radical (unpaired) electrons. The molecular weight excluding hydrogens is 839 g/mol. The number of carbonyl (C=O) groups excluding carboxylic acids is 2. The molecule has 0 bridgehead atoms. The fraction of sp³-hybridized carbons (Fsp3) is 0.935. The first-order valence-corrected chi connectivity index (χ1v) is 31.0. The molecule has 6 nitrogen and oxygen atoms in total. The highest BCUT2D eigenvalue weighted by molar-refractivity contribution is 5.76. The molecule has 0 saturated heterocycles. The summed E-state index contributed by atoms with van der Waals surface area (Å²) in [5.41, 5.74) is 0. The van der Waals surface area contributed by atoms with Gasteiger partial charge in [0.05, 0.1) is 25.4 Å². The molecule has 0 spiro atoms. The maximum absolute atomic E-state index is 12.4. The summed E-state index contributed by atoms with van der Waals surface area (Å²) in [5.74, 6) is -0.0448. The molecule has 0 rings (SSSR count). The van der Waals surface area contributed by atoms with Crippen molar-refractivity contribution in [2.45, 2.75) is 360 Å². The van der Waals surface area contributed by atoms with E-state index in [1.807, 2.05) is 6.08 Å². The van der Waals surface area contributed by atoms with Gasteiger partial charge in [0.15, 0.2) is 0 Å². The van der Waals surface area contributed by atoms with E-state index in [9.17, 15) is 19.8 Å². The van der Waals surface area contributed by atoms with Gasteiger partial charge in [-0.15, -0.1) is 0 Å². The maximum atomic E-state index is 12.4. The van der Waals surface area contributed by atoms with E-state index in [2.05, 4.69) is 19.2 Å². The van der Waals surface area contributed by atoms with Gasteiger partial charge in [-0.25, -0.2) is 0 Å². The first kappa shape index (κ1) is 66.6. The van der Waals surface area contributed by atoms with Crippen LogP contribution in [0.3, 0.4) is 0 Å². The predicted octanol–water partition coefficient (Wildman–Crippen LogP) is 19.2. The molecule has 0 aromatic rings. The van der Waals surface area contributed by atoms with Crippen LogP contribution in [0.1, 0.15) is 348 Å². The molecular formula is C62H121NO5. The average Bonchev–Trinajstić information content (AvgIpc) is 3.34. The third kappa shape index (κ3) is 53.9. The molecule has 0 fully saturated rings. The largest absolute Gasteiger partial charge is 0.466 e. The molecule has 0 aliphatic rings. The Morgan fingerprint density at radius 2 is 0.676 bits per heavy atom. The minimum Gasteiger partial charge on any atom is -0.466 e. The van der Waals surface area contributed by atoms with Gasteiger partial charge in [-0.1, -0.05) is 315 Å². The van der Waals surface area contributed by atoms with E-state index < -0.39 is 12.1 Å². The maximum Gasteiger partial charge on any atom is 0.305 e. The topological polar surface area (TPSA) is 95.9 Å². The highest BCUT2D eigenvalue weighted by Crippen LogP contribution is 2.18. The molecule has 6 heteroatoms. The van der Waals surface area contributed by atoms with Crippen LogP contribution in [0.5, 0.6) is 0 Å². The number of nitrogens with one attached hydrogen (secondary N) is 1. The monoisotopic (exact) mass is 960 g/mol. The Hall–Kier alpha value is -1.40. The Bertz CT molecular complexity index is 1020. The standard InChI is InChI=1S/C62H121NO5/c1-3-5-7-9-11-13-14-32-36-40-44-48-52-56-62(67)68-57-53-49-45-41-37-34-31-29-27-25-23-21-19-17-15-16-18-20-22-24-26-28-30-33-35-39-43-47-51-55-61(66)63-59(58-64)60(65)54-50-46-42-38-12-10-8-6-4-2/h50,54,59-60,64-65H,3-49,51-53,55-58H2,1-2H3,(H,63,66)/b54-50+. The lowest BCUT2D eigenvalue weighted by Crippen LogP contribution is -2.45. The number of aliphatic hydroxyl groups is 2. The second-order valence-corrected chi connectivity index (χ2v) is 21.4. The van der Waals surface area contributed by atoms with E-state index in [1.54, 1.807) is 6.08 Å². The third-order valence-electron chi connectivity index (χ3n) is 14.6. The van der Waals surface area contributed by atoms with Gasteiger partial charge in [0.25, 0.3) is 0 Å². The third-order valence-corrected chi connectivity index (χ3v) is 14.6. The van der Waals surface area contributed by atoms with Crippen molar-refractivity contribution in [3.8, 4) is 0 Å². The lowest BCUT2D eigenvalue weighted by atomic mass is 10.0. The summed E-state index contributed by atoms with van der Waals surface area (Å²) in [6, 6.07) is -0.622. The number of rotatable bonds is 58. The van der Waals surface area contributed by atoms with Crippen molar-refractivity contribution in [1.29, 1.82) is 0 Å². The highest BCUT2D eigenvalue weighted by Gasteiger charge is 2.18. The van der Waals surface area contributed by atoms with Crippen LogP contribution in [-0.4, -0.2) is 47.4 Å². The summed E-state index contributed by atoms with van der Waals surface area (Å²) >= 11 is 0. The van der Waals surface area contributed by atoms with Gasteiger partial charge in [-0.3, -0.25) is 9.59 Å². The molecule has 2 atom stereocenters. The first-order chi connectivity index (χ1) is 33.5. The lowest BCUT2D eigenvalue weighted by molar-refractivity contribution is -0.143. The van der Waals surface area contributed by atoms with Crippen LogP contribution in [-0.2, 0) is 14.3 Å². The molecule has 68 heavy (non-hydrogen) atoms. The molecule has 0 heterocycles. The summed E-state index contributed by atoms with van der Waals surface area (Å²) in [5, 5.41) is 22.9. The van der Waals surface area contributed by atoms with Gasteiger partial charge in [-0.05, 0) is 32.1 Å². The van der Waals surface area contributed by atoms with Gasteiger partial charge in [0.2, 0.25) is 5.91 Å². The molecule has 0 aliphatic heterocycles. The Morgan fingerprint density at radius 3 is 1.00 bits per heavy atom. The summed E-state index contributed by atoms with van der Waals surface area (Å²) in [7, 11) is 0. The fourth-order valence-corrected chi connectivity index (χ4v) is 9.81. The quantitative estimate of drug-likeness (QED) is 0.0321. The molecule has 0 aromatic heterocycles. The van der Waals surface area contributed by atoms with Gasteiger partial charge < -0.3 is 20.3 Å². The predicted molar refractivity (Wildman–Crippen MR) is 297 cm³/mol. The number of esters is 1. The molecule has 0 aliphatic carbocycles. The number of aliphatic hydroxyl groups excluding tert-OH is 2. The van der Waals surface area contributed by atoms with Gasteiger partial charge >= 0.3 is 5.97 Å². The van der Waals surface area contributed by atoms with Gasteiger partial charge in [-0.2, -0.15) is 0 Å². The zero-order valence-corrected chi connectivity index (χ0v) is 46.1. The van der Waals surface area contributed by atoms with Crippen LogP contribution in [0.15, 0.2) is 12.2 Å². The highest BCUT2D eigenvalue weighted by atomic mass is 16.5. The van der Waals surface area contributed by atoms with Crippen LogP contribution < -0.4 is 5.32 Å². The van der Waals surface area contributed by atoms with Gasteiger partial charge in [0, 0.05) is 12.8 Å². The zero-order chi connectivity index (χ0) is 49.3. The van der Waals surface area contributed by atoms with Crippen LogP contribution in [0, 0.1) is 0 Å². The minimum absolute atomic E-state index is 0.0210. The normalized spacial score (nSPS) is 12.6. The molecule has 0 aromatic carbocycles. The van der Waals surface area contributed by atoms with Gasteiger partial charge in [0.1, 0.15) is 0 Å². The number of carbonyl (C=O) groups is 2.